The van der Waals surface area contributed by atoms with E-state index in [1.165, 1.54) is 13.0 Å². The molecular formula is C16H23F3N2O4S. The summed E-state index contributed by atoms with van der Waals surface area (Å²) in [6.07, 6.45) is -3.22. The highest BCUT2D eigenvalue weighted by Crippen LogP contribution is 2.35. The standard InChI is InChI=1S/C16H23F3N2O4S/c1-3-5-8-25-13-7-6-12(14(9-13)16(17,18)19)11-26(23,24)21(4-2)10-15(20)22/h6-7,9H,3-5,8,10-11H2,1-2H3,(H2,20,22). The van der Waals surface area contributed by atoms with Crippen LogP contribution in [0.25, 0.3) is 0 Å². The average Bonchev–Trinajstić information content (AvgIpc) is 2.52. The molecule has 2 N–H and O–H groups in total. The Morgan fingerprint density at radius 3 is 2.42 bits per heavy atom. The first kappa shape index (κ1) is 22.2. The molecule has 1 aromatic carbocycles. The van der Waals surface area contributed by atoms with Gasteiger partial charge in [-0.25, -0.2) is 8.42 Å². The number of primary amides is 1. The maximum absolute atomic E-state index is 13.3. The van der Waals surface area contributed by atoms with Gasteiger partial charge >= 0.3 is 6.18 Å². The number of amides is 1. The first-order chi connectivity index (χ1) is 12.0. The molecule has 0 aliphatic rings. The van der Waals surface area contributed by atoms with Gasteiger partial charge in [-0.2, -0.15) is 17.5 Å². The van der Waals surface area contributed by atoms with Crippen LogP contribution in [0.15, 0.2) is 18.2 Å². The lowest BCUT2D eigenvalue weighted by molar-refractivity contribution is -0.138. The summed E-state index contributed by atoms with van der Waals surface area (Å²) in [5.41, 5.74) is 3.50. The number of carbonyl (C=O) groups is 1. The largest absolute Gasteiger partial charge is 0.494 e. The van der Waals surface area contributed by atoms with Crippen LogP contribution in [0.5, 0.6) is 5.75 Å². The zero-order chi connectivity index (χ0) is 20.0. The Morgan fingerprint density at radius 2 is 1.92 bits per heavy atom. The van der Waals surface area contributed by atoms with Gasteiger partial charge in [0.25, 0.3) is 0 Å². The van der Waals surface area contributed by atoms with Crippen molar-refractivity contribution >= 4 is 15.9 Å². The highest BCUT2D eigenvalue weighted by atomic mass is 32.2. The number of ether oxygens (including phenoxy) is 1. The molecule has 0 fully saturated rings. The quantitative estimate of drug-likeness (QED) is 0.616. The lowest BCUT2D eigenvalue weighted by atomic mass is 10.1. The van der Waals surface area contributed by atoms with Gasteiger partial charge in [-0.05, 0) is 24.1 Å². The molecule has 0 aromatic heterocycles. The number of halogens is 3. The van der Waals surface area contributed by atoms with Crippen molar-refractivity contribution in [1.82, 2.24) is 4.31 Å². The van der Waals surface area contributed by atoms with Crippen molar-refractivity contribution in [2.75, 3.05) is 19.7 Å². The Bertz CT molecular complexity index is 721. The van der Waals surface area contributed by atoms with Gasteiger partial charge in [-0.15, -0.1) is 0 Å². The molecule has 26 heavy (non-hydrogen) atoms. The predicted molar refractivity (Wildman–Crippen MR) is 90.9 cm³/mol. The monoisotopic (exact) mass is 396 g/mol. The van der Waals surface area contributed by atoms with E-state index in [2.05, 4.69) is 0 Å². The summed E-state index contributed by atoms with van der Waals surface area (Å²) in [5.74, 6) is -1.75. The van der Waals surface area contributed by atoms with Crippen LogP contribution >= 0.6 is 0 Å². The summed E-state index contributed by atoms with van der Waals surface area (Å²) in [6.45, 7) is 3.00. The molecule has 0 aliphatic carbocycles. The SMILES string of the molecule is CCCCOc1ccc(CS(=O)(=O)N(CC)CC(N)=O)c(C(F)(F)F)c1. The number of carbonyl (C=O) groups excluding carboxylic acids is 1. The summed E-state index contributed by atoms with van der Waals surface area (Å²) in [4.78, 5) is 11.0. The molecule has 0 radical (unpaired) electrons. The Morgan fingerprint density at radius 1 is 1.27 bits per heavy atom. The molecule has 0 heterocycles. The van der Waals surface area contributed by atoms with Crippen molar-refractivity contribution in [3.05, 3.63) is 29.3 Å². The van der Waals surface area contributed by atoms with Crippen LogP contribution in [0.2, 0.25) is 0 Å². The Kier molecular flexibility index (Phi) is 7.88. The first-order valence-corrected chi connectivity index (χ1v) is 9.71. The molecule has 0 spiro atoms. The predicted octanol–water partition coefficient (Wildman–Crippen LogP) is 2.52. The van der Waals surface area contributed by atoms with Gasteiger partial charge in [-0.1, -0.05) is 26.3 Å². The topological polar surface area (TPSA) is 89.7 Å². The molecule has 0 atom stereocenters. The number of nitrogens with zero attached hydrogens (tertiary/aromatic N) is 1. The summed E-state index contributed by atoms with van der Waals surface area (Å²) < 4.78 is 70.8. The van der Waals surface area contributed by atoms with E-state index in [-0.39, 0.29) is 18.9 Å². The Balaban J connectivity index is 3.16. The number of rotatable bonds is 10. The molecular weight excluding hydrogens is 373 g/mol. The van der Waals surface area contributed by atoms with Gasteiger partial charge < -0.3 is 10.5 Å². The lowest BCUT2D eigenvalue weighted by Crippen LogP contribution is -2.39. The fourth-order valence-electron chi connectivity index (χ4n) is 2.24. The number of likely N-dealkylation sites (N-methyl/N-ethyl adjacent to an activating group) is 1. The molecule has 10 heteroatoms. The molecule has 148 valence electrons. The maximum atomic E-state index is 13.3. The minimum atomic E-state index is -4.74. The molecule has 0 saturated heterocycles. The van der Waals surface area contributed by atoms with Crippen LogP contribution < -0.4 is 10.5 Å². The molecule has 1 rings (SSSR count). The van der Waals surface area contributed by atoms with E-state index in [4.69, 9.17) is 10.5 Å². The van der Waals surface area contributed by atoms with Crippen molar-refractivity contribution in [3.63, 3.8) is 0 Å². The fourth-order valence-corrected chi connectivity index (χ4v) is 3.78. The number of hydrogen-bond donors (Lipinski definition) is 1. The third-order valence-electron chi connectivity index (χ3n) is 3.57. The zero-order valence-electron chi connectivity index (χ0n) is 14.7. The van der Waals surface area contributed by atoms with Gasteiger partial charge in [0.2, 0.25) is 15.9 Å². The normalized spacial score (nSPS) is 12.4. The van der Waals surface area contributed by atoms with Crippen LogP contribution in [0.1, 0.15) is 37.8 Å². The minimum absolute atomic E-state index is 0.0245. The second kappa shape index (κ2) is 9.22. The Hall–Kier alpha value is -1.81. The van der Waals surface area contributed by atoms with Gasteiger partial charge in [0.15, 0.2) is 0 Å². The molecule has 1 amide bonds. The van der Waals surface area contributed by atoms with Crippen molar-refractivity contribution in [2.24, 2.45) is 5.73 Å². The van der Waals surface area contributed by atoms with E-state index in [1.807, 2.05) is 6.92 Å². The smallest absolute Gasteiger partial charge is 0.416 e. The molecule has 0 unspecified atom stereocenters. The number of hydrogen-bond acceptors (Lipinski definition) is 4. The molecule has 0 aliphatic heterocycles. The summed E-state index contributed by atoms with van der Waals surface area (Å²) in [6, 6.07) is 3.19. The third-order valence-corrected chi connectivity index (χ3v) is 5.42. The zero-order valence-corrected chi connectivity index (χ0v) is 15.5. The molecule has 0 bridgehead atoms. The number of unbranched alkanes of at least 4 members (excludes halogenated alkanes) is 1. The van der Waals surface area contributed by atoms with Crippen LogP contribution in [-0.4, -0.2) is 38.3 Å². The van der Waals surface area contributed by atoms with E-state index < -0.39 is 45.5 Å². The van der Waals surface area contributed by atoms with Gasteiger partial charge in [0, 0.05) is 6.54 Å². The Labute approximate surface area is 151 Å². The second-order valence-corrected chi connectivity index (χ2v) is 7.64. The molecule has 6 nitrogen and oxygen atoms in total. The van der Waals surface area contributed by atoms with Gasteiger partial charge in [0.05, 0.1) is 24.5 Å². The fraction of sp³-hybridized carbons (Fsp3) is 0.562. The van der Waals surface area contributed by atoms with Gasteiger partial charge in [-0.3, -0.25) is 4.79 Å². The lowest BCUT2D eigenvalue weighted by Gasteiger charge is -2.21. The van der Waals surface area contributed by atoms with E-state index in [0.717, 1.165) is 22.9 Å². The van der Waals surface area contributed by atoms with E-state index in [9.17, 15) is 26.4 Å². The van der Waals surface area contributed by atoms with Crippen molar-refractivity contribution in [2.45, 2.75) is 38.6 Å². The summed E-state index contributed by atoms with van der Waals surface area (Å²) in [5, 5.41) is 0. The van der Waals surface area contributed by atoms with E-state index >= 15 is 0 Å². The second-order valence-electron chi connectivity index (χ2n) is 5.67. The number of nitrogens with two attached hydrogens (primary N) is 1. The number of sulfonamides is 1. The van der Waals surface area contributed by atoms with Crippen LogP contribution in [-0.2, 0) is 26.7 Å². The van der Waals surface area contributed by atoms with Crippen molar-refractivity contribution in [3.8, 4) is 5.75 Å². The highest BCUT2D eigenvalue weighted by Gasteiger charge is 2.36. The van der Waals surface area contributed by atoms with Crippen molar-refractivity contribution < 1.29 is 31.1 Å². The highest BCUT2D eigenvalue weighted by molar-refractivity contribution is 7.88. The minimum Gasteiger partial charge on any atom is -0.494 e. The van der Waals surface area contributed by atoms with E-state index in [0.29, 0.717) is 6.42 Å². The van der Waals surface area contributed by atoms with Gasteiger partial charge in [0.1, 0.15) is 5.75 Å². The number of benzene rings is 1. The number of alkyl halides is 3. The molecule has 0 saturated carbocycles. The maximum Gasteiger partial charge on any atom is 0.416 e. The average molecular weight is 396 g/mol. The summed E-state index contributed by atoms with van der Waals surface area (Å²) in [7, 11) is -4.15. The summed E-state index contributed by atoms with van der Waals surface area (Å²) >= 11 is 0. The van der Waals surface area contributed by atoms with Crippen LogP contribution in [0, 0.1) is 0 Å². The van der Waals surface area contributed by atoms with Crippen LogP contribution in [0.4, 0.5) is 13.2 Å². The third kappa shape index (κ3) is 6.49. The van der Waals surface area contributed by atoms with Crippen LogP contribution in [0.3, 0.4) is 0 Å². The van der Waals surface area contributed by atoms with Crippen molar-refractivity contribution in [1.29, 1.82) is 0 Å². The molecule has 1 aromatic rings. The van der Waals surface area contributed by atoms with E-state index in [1.54, 1.807) is 0 Å². The first-order valence-electron chi connectivity index (χ1n) is 8.10.